The molecule has 196 valence electrons. The number of fused-ring (bicyclic) bond motifs is 3. The Labute approximate surface area is 246 Å². The summed E-state index contributed by atoms with van der Waals surface area (Å²) in [4.78, 5) is 56.5. The average molecular weight is 608 g/mol. The number of pyridine rings is 1. The molecule has 1 aliphatic rings. The minimum absolute atomic E-state index is 0.0998. The summed E-state index contributed by atoms with van der Waals surface area (Å²) < 4.78 is 0. The molecule has 0 aliphatic heterocycles. The van der Waals surface area contributed by atoms with Crippen LogP contribution in [0.25, 0.3) is 21.7 Å². The fraction of sp³-hybridized carbons (Fsp3) is 0.0333. The van der Waals surface area contributed by atoms with E-state index in [1.54, 1.807) is 42.5 Å². The molecule has 6 rings (SSSR count). The molecule has 0 fully saturated rings. The molecule has 0 saturated carbocycles. The van der Waals surface area contributed by atoms with Crippen molar-refractivity contribution in [1.29, 1.82) is 0 Å². The summed E-state index contributed by atoms with van der Waals surface area (Å²) in [6.45, 7) is 0. The van der Waals surface area contributed by atoms with Gasteiger partial charge in [0.2, 0.25) is 0 Å². The highest BCUT2D eigenvalue weighted by molar-refractivity contribution is 6.55. The topological polar surface area (TPSA) is 93.2 Å². The number of nitrogens with one attached hydrogen (secondary N) is 1. The quantitative estimate of drug-likeness (QED) is 0.0961. The van der Waals surface area contributed by atoms with Crippen molar-refractivity contribution in [2.75, 3.05) is 5.32 Å². The Kier molecular flexibility index (Phi) is 6.59. The van der Waals surface area contributed by atoms with Crippen molar-refractivity contribution in [3.8, 4) is 0 Å². The normalized spacial score (nSPS) is 13.2. The third kappa shape index (κ3) is 4.07. The van der Waals surface area contributed by atoms with E-state index in [1.165, 1.54) is 0 Å². The lowest BCUT2D eigenvalue weighted by Crippen LogP contribution is -2.16. The van der Waals surface area contributed by atoms with Gasteiger partial charge in [-0.1, -0.05) is 88.9 Å². The number of hydrogen-bond acceptors (Lipinski definition) is 5. The molecule has 0 atom stereocenters. The summed E-state index contributed by atoms with van der Waals surface area (Å²) in [6, 6.07) is 19.1. The highest BCUT2D eigenvalue weighted by Crippen LogP contribution is 2.48. The first-order valence-electron chi connectivity index (χ1n) is 11.8. The van der Waals surface area contributed by atoms with Gasteiger partial charge in [-0.25, -0.2) is 4.98 Å². The number of hydrogen-bond donors (Lipinski definition) is 1. The molecule has 0 spiro atoms. The second kappa shape index (κ2) is 9.98. The number of aromatic nitrogens is 1. The zero-order chi connectivity index (χ0) is 28.3. The summed E-state index contributed by atoms with van der Waals surface area (Å²) in [7, 11) is 0. The average Bonchev–Trinajstić information content (AvgIpc) is 3.23. The molecule has 0 unspecified atom stereocenters. The fourth-order valence-corrected chi connectivity index (χ4v) is 5.98. The van der Waals surface area contributed by atoms with Gasteiger partial charge in [-0.15, -0.1) is 0 Å². The van der Waals surface area contributed by atoms with Gasteiger partial charge in [-0.05, 0) is 35.0 Å². The molecule has 1 amide bonds. The second-order valence-corrected chi connectivity index (χ2v) is 10.7. The third-order valence-electron chi connectivity index (χ3n) is 6.86. The number of halogens is 4. The van der Waals surface area contributed by atoms with Crippen molar-refractivity contribution in [2.24, 2.45) is 0 Å². The number of carbonyl (C=O) groups excluding carboxylic acids is 4. The highest BCUT2D eigenvalue weighted by atomic mass is 35.5. The molecule has 6 nitrogen and oxygen atoms in total. The summed E-state index contributed by atoms with van der Waals surface area (Å²) in [5, 5.41) is 4.56. The van der Waals surface area contributed by atoms with E-state index < -0.39 is 23.4 Å². The number of ketones is 2. The molecule has 0 radical (unpaired) electrons. The molecule has 10 heteroatoms. The minimum Gasteiger partial charge on any atom is -0.320 e. The summed E-state index contributed by atoms with van der Waals surface area (Å²) in [5.41, 5.74) is 1.03. The molecule has 4 aromatic carbocycles. The van der Waals surface area contributed by atoms with Crippen LogP contribution < -0.4 is 5.32 Å². The first-order chi connectivity index (χ1) is 19.2. The maximum Gasteiger partial charge on any atom is 0.256 e. The van der Waals surface area contributed by atoms with Crippen molar-refractivity contribution in [3.63, 3.8) is 0 Å². The number of Topliss-reactive ketones (excluding diaryl/α,β-unsaturated/α-hetero) is 2. The number of carbonyl (C=O) groups is 4. The SMILES string of the molecule is O=Cc1cc2ccccc2cc1C(=O)Nc1cccc2ccc(C3C(=O)c4c(Cl)c(Cl)c(Cl)c(Cl)c4C3=O)nc12. The van der Waals surface area contributed by atoms with Crippen LogP contribution in [0.15, 0.2) is 66.7 Å². The van der Waals surface area contributed by atoms with E-state index in [1.807, 2.05) is 24.3 Å². The maximum atomic E-state index is 13.4. The molecule has 1 aromatic heterocycles. The fourth-order valence-electron chi connectivity index (χ4n) is 4.94. The lowest BCUT2D eigenvalue weighted by atomic mass is 9.98. The number of nitrogens with zero attached hydrogens (tertiary/aromatic N) is 1. The van der Waals surface area contributed by atoms with Gasteiger partial charge in [0.15, 0.2) is 17.9 Å². The van der Waals surface area contributed by atoms with Crippen LogP contribution in [0.1, 0.15) is 53.0 Å². The van der Waals surface area contributed by atoms with E-state index in [2.05, 4.69) is 10.3 Å². The molecule has 5 aromatic rings. The van der Waals surface area contributed by atoms with Gasteiger partial charge < -0.3 is 5.32 Å². The highest BCUT2D eigenvalue weighted by Gasteiger charge is 2.45. The van der Waals surface area contributed by atoms with Crippen molar-refractivity contribution < 1.29 is 19.2 Å². The van der Waals surface area contributed by atoms with Crippen LogP contribution in [-0.2, 0) is 0 Å². The van der Waals surface area contributed by atoms with Gasteiger partial charge in [0.25, 0.3) is 5.91 Å². The summed E-state index contributed by atoms with van der Waals surface area (Å²) in [6.07, 6.45) is 0.630. The predicted molar refractivity (Wildman–Crippen MR) is 157 cm³/mol. The van der Waals surface area contributed by atoms with Gasteiger partial charge in [-0.2, -0.15) is 0 Å². The Balaban J connectivity index is 1.42. The molecular formula is C30H14Cl4N2O4. The van der Waals surface area contributed by atoms with E-state index in [4.69, 9.17) is 46.4 Å². The molecule has 1 heterocycles. The Morgan fingerprint density at radius 2 is 1.35 bits per heavy atom. The third-order valence-corrected chi connectivity index (χ3v) is 8.66. The van der Waals surface area contributed by atoms with E-state index in [0.717, 1.165) is 10.8 Å². The second-order valence-electron chi connectivity index (χ2n) is 9.14. The molecule has 40 heavy (non-hydrogen) atoms. The Morgan fingerprint density at radius 1 is 0.750 bits per heavy atom. The number of anilines is 1. The number of para-hydroxylation sites is 1. The van der Waals surface area contributed by atoms with Crippen LogP contribution in [0.2, 0.25) is 20.1 Å². The summed E-state index contributed by atoms with van der Waals surface area (Å²) >= 11 is 24.8. The first kappa shape index (κ1) is 26.4. The van der Waals surface area contributed by atoms with Crippen molar-refractivity contribution >= 4 is 97.5 Å². The van der Waals surface area contributed by atoms with Gasteiger partial charge in [0.05, 0.1) is 53.7 Å². The smallest absolute Gasteiger partial charge is 0.256 e. The first-order valence-corrected chi connectivity index (χ1v) is 13.4. The van der Waals surface area contributed by atoms with Crippen molar-refractivity contribution in [2.45, 2.75) is 5.92 Å². The minimum atomic E-state index is -1.32. The standard InChI is InChI=1S/C30H14Cl4N2O4/c31-23-21-22(24(32)26(34)25(23)33)29(39)20(28(21)38)18-9-8-13-6-3-7-19(27(13)35-18)36-30(40)17-11-15-5-2-1-4-14(15)10-16(17)12-37/h1-12,20H,(H,36,40). The molecule has 0 saturated heterocycles. The Hall–Kier alpha value is -3.81. The lowest BCUT2D eigenvalue weighted by Gasteiger charge is -2.13. The van der Waals surface area contributed by atoms with Crippen molar-refractivity contribution in [1.82, 2.24) is 4.98 Å². The van der Waals surface area contributed by atoms with Crippen LogP contribution in [0.5, 0.6) is 0 Å². The van der Waals surface area contributed by atoms with Gasteiger partial charge in [0.1, 0.15) is 5.92 Å². The number of benzene rings is 4. The predicted octanol–water partition coefficient (Wildman–Crippen LogP) is 8.23. The molecule has 1 N–H and O–H groups in total. The number of amides is 1. The van der Waals surface area contributed by atoms with E-state index in [9.17, 15) is 19.2 Å². The van der Waals surface area contributed by atoms with Gasteiger partial charge >= 0.3 is 0 Å². The van der Waals surface area contributed by atoms with Crippen LogP contribution in [0.3, 0.4) is 0 Å². The molecule has 0 bridgehead atoms. The van der Waals surface area contributed by atoms with Crippen LogP contribution in [0.4, 0.5) is 5.69 Å². The zero-order valence-corrected chi connectivity index (χ0v) is 23.1. The van der Waals surface area contributed by atoms with Crippen molar-refractivity contribution in [3.05, 3.63) is 115 Å². The van der Waals surface area contributed by atoms with Crippen LogP contribution >= 0.6 is 46.4 Å². The summed E-state index contributed by atoms with van der Waals surface area (Å²) in [5.74, 6) is -3.05. The van der Waals surface area contributed by atoms with Gasteiger partial charge in [0, 0.05) is 10.9 Å². The largest absolute Gasteiger partial charge is 0.320 e. The van der Waals surface area contributed by atoms with E-state index in [0.29, 0.717) is 22.9 Å². The Bertz CT molecular complexity index is 1930. The molecular weight excluding hydrogens is 594 g/mol. The number of rotatable bonds is 4. The van der Waals surface area contributed by atoms with Crippen LogP contribution in [0, 0.1) is 0 Å². The lowest BCUT2D eigenvalue weighted by molar-refractivity contribution is 0.0887. The van der Waals surface area contributed by atoms with E-state index in [-0.39, 0.29) is 48.0 Å². The Morgan fingerprint density at radius 3 is 1.98 bits per heavy atom. The van der Waals surface area contributed by atoms with E-state index >= 15 is 0 Å². The zero-order valence-electron chi connectivity index (χ0n) is 20.1. The number of aldehydes is 1. The monoisotopic (exact) mass is 606 g/mol. The molecule has 1 aliphatic carbocycles. The van der Waals surface area contributed by atoms with Gasteiger partial charge in [-0.3, -0.25) is 19.2 Å². The maximum absolute atomic E-state index is 13.4. The van der Waals surface area contributed by atoms with Crippen LogP contribution in [-0.4, -0.2) is 28.7 Å².